The third-order valence-corrected chi connectivity index (χ3v) is 4.26. The van der Waals surface area contributed by atoms with Crippen LogP contribution < -0.4 is 0 Å². The van der Waals surface area contributed by atoms with Gasteiger partial charge in [0.05, 0.1) is 10.5 Å². The highest BCUT2D eigenvalue weighted by atomic mass is 19.1. The van der Waals surface area contributed by atoms with Gasteiger partial charge in [0.2, 0.25) is 0 Å². The van der Waals surface area contributed by atoms with E-state index in [0.29, 0.717) is 13.0 Å². The Kier molecular flexibility index (Phi) is 5.85. The maximum atomic E-state index is 14.5. The van der Waals surface area contributed by atoms with Crippen LogP contribution in [0.5, 0.6) is 0 Å². The van der Waals surface area contributed by atoms with Crippen molar-refractivity contribution in [1.29, 1.82) is 0 Å². The van der Waals surface area contributed by atoms with Crippen LogP contribution in [-0.4, -0.2) is 21.8 Å². The zero-order valence-electron chi connectivity index (χ0n) is 14.5. The Balaban J connectivity index is 2.44. The van der Waals surface area contributed by atoms with Crippen molar-refractivity contribution < 1.29 is 14.1 Å². The Morgan fingerprint density at radius 1 is 1.28 bits per heavy atom. The number of halogens is 1. The number of carbonyl (C=O) groups excluding carboxylic acids is 1. The lowest BCUT2D eigenvalue weighted by atomic mass is 10.1. The number of non-ortho nitro benzene ring substituents is 1. The number of nitrogens with zero attached hydrogens (tertiary/aromatic N) is 2. The van der Waals surface area contributed by atoms with E-state index in [4.69, 9.17) is 0 Å². The molecule has 0 N–H and O–H groups in total. The van der Waals surface area contributed by atoms with Crippen LogP contribution in [0.3, 0.4) is 0 Å². The zero-order valence-corrected chi connectivity index (χ0v) is 14.5. The zero-order chi connectivity index (χ0) is 18.6. The summed E-state index contributed by atoms with van der Waals surface area (Å²) in [6.07, 6.45) is 0.689. The summed E-state index contributed by atoms with van der Waals surface area (Å²) in [6.45, 7) is 5.55. The van der Waals surface area contributed by atoms with Gasteiger partial charge in [-0.3, -0.25) is 14.9 Å². The number of nitro benzene ring substituents is 1. The molecule has 0 aliphatic rings. The maximum absolute atomic E-state index is 14.5. The minimum atomic E-state index is -0.711. The average Bonchev–Trinajstić information content (AvgIpc) is 2.61. The van der Waals surface area contributed by atoms with E-state index in [9.17, 15) is 19.3 Å². The minimum Gasteiger partial charge on any atom is -0.332 e. The summed E-state index contributed by atoms with van der Waals surface area (Å²) in [7, 11) is 0. The van der Waals surface area contributed by atoms with Crippen LogP contribution in [0.25, 0.3) is 0 Å². The standard InChI is InChI=1S/C19H21FN2O3/c1-4-14(3)21(12-15-8-6-5-7-9-15)19(23)17-11-16(22(24)25)10-13(2)18(17)20/h5-11,14H,4,12H2,1-3H3. The molecule has 0 radical (unpaired) electrons. The summed E-state index contributed by atoms with van der Waals surface area (Å²) in [4.78, 5) is 24.9. The molecule has 2 rings (SSSR count). The topological polar surface area (TPSA) is 63.5 Å². The van der Waals surface area contributed by atoms with Gasteiger partial charge in [-0.25, -0.2) is 4.39 Å². The van der Waals surface area contributed by atoms with Gasteiger partial charge in [0, 0.05) is 24.7 Å². The number of nitro groups is 1. The first-order valence-corrected chi connectivity index (χ1v) is 8.14. The van der Waals surface area contributed by atoms with Crippen LogP contribution >= 0.6 is 0 Å². The number of hydrogen-bond donors (Lipinski definition) is 0. The molecule has 0 fully saturated rings. The Morgan fingerprint density at radius 3 is 2.48 bits per heavy atom. The molecule has 25 heavy (non-hydrogen) atoms. The molecule has 0 saturated carbocycles. The lowest BCUT2D eigenvalue weighted by molar-refractivity contribution is -0.385. The number of amides is 1. The molecule has 0 heterocycles. The van der Waals surface area contributed by atoms with Gasteiger partial charge < -0.3 is 4.90 Å². The van der Waals surface area contributed by atoms with Crippen LogP contribution in [0.4, 0.5) is 10.1 Å². The molecule has 6 heteroatoms. The minimum absolute atomic E-state index is 0.0846. The fourth-order valence-electron chi connectivity index (χ4n) is 2.59. The summed E-state index contributed by atoms with van der Waals surface area (Å²) in [5.74, 6) is -1.25. The van der Waals surface area contributed by atoms with Gasteiger partial charge in [0.15, 0.2) is 0 Å². The molecule has 2 aromatic rings. The van der Waals surface area contributed by atoms with Crippen LogP contribution in [0.1, 0.15) is 41.8 Å². The van der Waals surface area contributed by atoms with Crippen molar-refractivity contribution in [3.8, 4) is 0 Å². The van der Waals surface area contributed by atoms with Crippen LogP contribution in [0.2, 0.25) is 0 Å². The largest absolute Gasteiger partial charge is 0.332 e. The molecular formula is C19H21FN2O3. The van der Waals surface area contributed by atoms with Crippen molar-refractivity contribution in [2.75, 3.05) is 0 Å². The first-order chi connectivity index (χ1) is 11.8. The summed E-state index contributed by atoms with van der Waals surface area (Å²) >= 11 is 0. The number of benzene rings is 2. The van der Waals surface area contributed by atoms with Crippen LogP contribution in [0.15, 0.2) is 42.5 Å². The first-order valence-electron chi connectivity index (χ1n) is 8.14. The number of hydrogen-bond acceptors (Lipinski definition) is 3. The quantitative estimate of drug-likeness (QED) is 0.573. The lowest BCUT2D eigenvalue weighted by Gasteiger charge is -2.29. The Bertz CT molecular complexity index is 778. The Labute approximate surface area is 146 Å². The molecule has 1 atom stereocenters. The Morgan fingerprint density at radius 2 is 1.92 bits per heavy atom. The predicted octanol–water partition coefficient (Wildman–Crippen LogP) is 4.48. The molecule has 2 aromatic carbocycles. The molecule has 0 bridgehead atoms. The van der Waals surface area contributed by atoms with Gasteiger partial charge in [-0.2, -0.15) is 0 Å². The van der Waals surface area contributed by atoms with E-state index < -0.39 is 16.6 Å². The average molecular weight is 344 g/mol. The molecule has 0 aliphatic carbocycles. The smallest absolute Gasteiger partial charge is 0.270 e. The number of rotatable bonds is 6. The number of aryl methyl sites for hydroxylation is 1. The second-order valence-electron chi connectivity index (χ2n) is 6.06. The fourth-order valence-corrected chi connectivity index (χ4v) is 2.59. The van der Waals surface area contributed by atoms with Crippen LogP contribution in [0, 0.1) is 22.9 Å². The van der Waals surface area contributed by atoms with Gasteiger partial charge in [-0.05, 0) is 31.4 Å². The van der Waals surface area contributed by atoms with E-state index in [1.54, 1.807) is 4.90 Å². The molecule has 5 nitrogen and oxygen atoms in total. The van der Waals surface area contributed by atoms with Gasteiger partial charge in [0.25, 0.3) is 11.6 Å². The van der Waals surface area contributed by atoms with Gasteiger partial charge in [-0.1, -0.05) is 37.3 Å². The molecular weight excluding hydrogens is 323 g/mol. The second kappa shape index (κ2) is 7.88. The van der Waals surface area contributed by atoms with Crippen molar-refractivity contribution >= 4 is 11.6 Å². The molecule has 132 valence electrons. The molecule has 0 saturated heterocycles. The highest BCUT2D eigenvalue weighted by Crippen LogP contribution is 2.24. The lowest BCUT2D eigenvalue weighted by Crippen LogP contribution is -2.38. The molecule has 1 unspecified atom stereocenters. The summed E-state index contributed by atoms with van der Waals surface area (Å²) in [5, 5.41) is 11.0. The van der Waals surface area contributed by atoms with E-state index >= 15 is 0 Å². The summed E-state index contributed by atoms with van der Waals surface area (Å²) < 4.78 is 14.5. The maximum Gasteiger partial charge on any atom is 0.270 e. The third-order valence-electron chi connectivity index (χ3n) is 4.26. The molecule has 0 spiro atoms. The monoisotopic (exact) mass is 344 g/mol. The van der Waals surface area contributed by atoms with Crippen molar-refractivity contribution in [2.24, 2.45) is 0 Å². The van der Waals surface area contributed by atoms with Gasteiger partial charge >= 0.3 is 0 Å². The van der Waals surface area contributed by atoms with Crippen molar-refractivity contribution in [2.45, 2.75) is 39.8 Å². The number of carbonyl (C=O) groups is 1. The highest BCUT2D eigenvalue weighted by Gasteiger charge is 2.26. The molecule has 1 amide bonds. The Hall–Kier alpha value is -2.76. The van der Waals surface area contributed by atoms with E-state index in [0.717, 1.165) is 17.7 Å². The van der Waals surface area contributed by atoms with Gasteiger partial charge in [-0.15, -0.1) is 0 Å². The predicted molar refractivity (Wildman–Crippen MR) is 93.9 cm³/mol. The highest BCUT2D eigenvalue weighted by molar-refractivity contribution is 5.95. The third kappa shape index (κ3) is 4.21. The van der Waals surface area contributed by atoms with E-state index in [2.05, 4.69) is 0 Å². The van der Waals surface area contributed by atoms with Gasteiger partial charge in [0.1, 0.15) is 5.82 Å². The van der Waals surface area contributed by atoms with Crippen molar-refractivity contribution in [1.82, 2.24) is 4.90 Å². The normalized spacial score (nSPS) is 11.8. The first kappa shape index (κ1) is 18.6. The fraction of sp³-hybridized carbons (Fsp3) is 0.316. The van der Waals surface area contributed by atoms with E-state index in [-0.39, 0.29) is 22.9 Å². The SMILES string of the molecule is CCC(C)N(Cc1ccccc1)C(=O)c1cc([N+](=O)[O-])cc(C)c1F. The summed E-state index contributed by atoms with van der Waals surface area (Å²) in [5.41, 5.74) is 0.453. The summed E-state index contributed by atoms with van der Waals surface area (Å²) in [6, 6.07) is 11.4. The van der Waals surface area contributed by atoms with Crippen LogP contribution in [-0.2, 0) is 6.54 Å². The van der Waals surface area contributed by atoms with E-state index in [1.807, 2.05) is 44.2 Å². The molecule has 0 aliphatic heterocycles. The van der Waals surface area contributed by atoms with Crippen molar-refractivity contribution in [3.05, 3.63) is 75.1 Å². The van der Waals surface area contributed by atoms with Crippen molar-refractivity contribution in [3.63, 3.8) is 0 Å². The molecule has 0 aromatic heterocycles. The van der Waals surface area contributed by atoms with E-state index in [1.165, 1.54) is 6.92 Å². The second-order valence-corrected chi connectivity index (χ2v) is 6.06.